The number of anilines is 1. The number of benzene rings is 1. The molecule has 0 fully saturated rings. The Hall–Kier alpha value is -3.85. The average molecular weight is 449 g/mol. The summed E-state index contributed by atoms with van der Waals surface area (Å²) in [5.41, 5.74) is 4.14. The summed E-state index contributed by atoms with van der Waals surface area (Å²) in [5.74, 6) is -5.27. The molecular weight excluding hydrogens is 427 g/mol. The van der Waals surface area contributed by atoms with Crippen LogP contribution in [0.25, 0.3) is 0 Å². The van der Waals surface area contributed by atoms with Crippen molar-refractivity contribution in [3.05, 3.63) is 59.2 Å². The Bertz CT molecular complexity index is 997. The van der Waals surface area contributed by atoms with Crippen LogP contribution in [0.2, 0.25) is 0 Å². The summed E-state index contributed by atoms with van der Waals surface area (Å²) < 4.78 is 43.5. The normalized spacial score (nSPS) is 10.8. The minimum Gasteiger partial charge on any atom is -0.376 e. The van der Waals surface area contributed by atoms with Crippen molar-refractivity contribution >= 4 is 17.6 Å². The summed E-state index contributed by atoms with van der Waals surface area (Å²) in [6.07, 6.45) is 0.745. The molecule has 9 nitrogen and oxygen atoms in total. The van der Waals surface area contributed by atoms with E-state index in [1.807, 2.05) is 0 Å². The van der Waals surface area contributed by atoms with Crippen molar-refractivity contribution in [2.24, 2.45) is 5.73 Å². The number of hydrogen-bond acceptors (Lipinski definition) is 6. The first kappa shape index (κ1) is 24.4. The lowest BCUT2D eigenvalue weighted by Crippen LogP contribution is -2.36. The van der Waals surface area contributed by atoms with Gasteiger partial charge in [-0.3, -0.25) is 20.0 Å². The molecule has 0 aliphatic heterocycles. The van der Waals surface area contributed by atoms with Crippen LogP contribution in [0.4, 0.5) is 18.9 Å². The molecule has 0 radical (unpaired) electrons. The summed E-state index contributed by atoms with van der Waals surface area (Å²) >= 11 is 0. The van der Waals surface area contributed by atoms with Crippen LogP contribution in [0.3, 0.4) is 0 Å². The van der Waals surface area contributed by atoms with Gasteiger partial charge in [0.15, 0.2) is 5.82 Å². The molecule has 0 atom stereocenters. The topological polar surface area (TPSA) is 140 Å². The summed E-state index contributed by atoms with van der Waals surface area (Å²) in [7, 11) is 1.41. The number of nitrogens with two attached hydrogens (primary N) is 1. The lowest BCUT2D eigenvalue weighted by Gasteiger charge is -2.18. The van der Waals surface area contributed by atoms with E-state index in [-0.39, 0.29) is 35.9 Å². The van der Waals surface area contributed by atoms with Crippen LogP contribution in [0.15, 0.2) is 36.5 Å². The van der Waals surface area contributed by atoms with Crippen molar-refractivity contribution in [3.63, 3.8) is 0 Å². The molecule has 12 heteroatoms. The Kier molecular flexibility index (Phi) is 8.37. The van der Waals surface area contributed by atoms with Gasteiger partial charge in [0.25, 0.3) is 0 Å². The molecule has 0 unspecified atom stereocenters. The molecule has 0 saturated heterocycles. The maximum Gasteiger partial charge on any atom is 0.306 e. The molecule has 32 heavy (non-hydrogen) atoms. The van der Waals surface area contributed by atoms with Gasteiger partial charge in [0, 0.05) is 25.4 Å². The van der Waals surface area contributed by atoms with Gasteiger partial charge in [-0.15, -0.1) is 0 Å². The Balaban J connectivity index is 2.03. The van der Waals surface area contributed by atoms with Crippen molar-refractivity contribution < 1.29 is 22.8 Å². The number of nitriles is 1. The first-order valence-corrected chi connectivity index (χ1v) is 9.37. The van der Waals surface area contributed by atoms with E-state index in [0.29, 0.717) is 0 Å². The number of pyridine rings is 1. The molecule has 0 saturated carbocycles. The smallest absolute Gasteiger partial charge is 0.306 e. The Morgan fingerprint density at radius 1 is 1.38 bits per heavy atom. The van der Waals surface area contributed by atoms with E-state index in [0.717, 1.165) is 17.2 Å². The minimum atomic E-state index is -3.37. The fourth-order valence-electron chi connectivity index (χ4n) is 2.58. The number of amides is 1. The van der Waals surface area contributed by atoms with E-state index in [4.69, 9.17) is 16.0 Å². The van der Waals surface area contributed by atoms with E-state index in [1.165, 1.54) is 31.4 Å². The van der Waals surface area contributed by atoms with Crippen LogP contribution < -0.4 is 16.4 Å². The van der Waals surface area contributed by atoms with Gasteiger partial charge in [-0.05, 0) is 24.3 Å². The first-order valence-electron chi connectivity index (χ1n) is 9.37. The fourth-order valence-corrected chi connectivity index (χ4v) is 2.58. The molecule has 170 valence electrons. The highest BCUT2D eigenvalue weighted by atomic mass is 19.3. The molecule has 1 heterocycles. The summed E-state index contributed by atoms with van der Waals surface area (Å²) in [6.45, 7) is -0.896. The number of carbonyl (C=O) groups is 1. The molecule has 2 aromatic rings. The van der Waals surface area contributed by atoms with Crippen molar-refractivity contribution in [2.45, 2.75) is 12.3 Å². The third kappa shape index (κ3) is 6.58. The largest absolute Gasteiger partial charge is 0.376 e. The van der Waals surface area contributed by atoms with E-state index in [9.17, 15) is 23.2 Å². The number of carbonyl (C=O) groups excluding carboxylic acids is 1. The van der Waals surface area contributed by atoms with Crippen molar-refractivity contribution in [1.29, 1.82) is 10.7 Å². The minimum absolute atomic E-state index is 0.000388. The fraction of sp³-hybridized carbons (Fsp3) is 0.300. The lowest BCUT2D eigenvalue weighted by molar-refractivity contribution is -0.122. The zero-order valence-corrected chi connectivity index (χ0v) is 17.2. The number of alkyl halides is 2. The highest BCUT2D eigenvalue weighted by Crippen LogP contribution is 2.28. The van der Waals surface area contributed by atoms with E-state index < -0.39 is 36.3 Å². The molecule has 0 aliphatic carbocycles. The second-order valence-corrected chi connectivity index (χ2v) is 6.58. The Morgan fingerprint density at radius 2 is 2.12 bits per heavy atom. The first-order chi connectivity index (χ1) is 15.2. The number of rotatable bonds is 10. The number of halogens is 3. The zero-order valence-electron chi connectivity index (χ0n) is 17.2. The van der Waals surface area contributed by atoms with Gasteiger partial charge in [0.2, 0.25) is 11.9 Å². The Labute approximate surface area is 182 Å². The SMILES string of the molecule is CN(OCCNC(=O)Cc1c(C#N)ccc(NCC(F)(F)c2ccccn2)c1F)C(=N)N. The summed E-state index contributed by atoms with van der Waals surface area (Å²) in [4.78, 5) is 20.8. The van der Waals surface area contributed by atoms with Crippen LogP contribution in [-0.2, 0) is 22.0 Å². The molecular formula is C20H22F3N7O2. The predicted molar refractivity (Wildman–Crippen MR) is 110 cm³/mol. The second-order valence-electron chi connectivity index (χ2n) is 6.58. The molecule has 1 aromatic carbocycles. The molecule has 5 N–H and O–H groups in total. The standard InChI is InChI=1S/C20H22F3N7O2/c1-30(19(25)26)32-9-8-28-17(31)10-14-13(11-24)5-6-15(18(14)21)29-12-20(22,23)16-4-2-3-7-27-16/h2-7,29H,8-10,12H2,1H3,(H3,25,26)(H,28,31). The predicted octanol–water partition coefficient (Wildman–Crippen LogP) is 1.71. The molecule has 2 rings (SSSR count). The van der Waals surface area contributed by atoms with Gasteiger partial charge in [0.05, 0.1) is 36.9 Å². The maximum atomic E-state index is 14.9. The van der Waals surface area contributed by atoms with Crippen LogP contribution in [-0.4, -0.2) is 48.7 Å². The van der Waals surface area contributed by atoms with Gasteiger partial charge in [0.1, 0.15) is 5.69 Å². The average Bonchev–Trinajstić information content (AvgIpc) is 2.77. The third-order valence-corrected chi connectivity index (χ3v) is 4.29. The van der Waals surface area contributed by atoms with Crippen molar-refractivity contribution in [3.8, 4) is 6.07 Å². The lowest BCUT2D eigenvalue weighted by atomic mass is 10.0. The molecule has 1 aromatic heterocycles. The highest BCUT2D eigenvalue weighted by Gasteiger charge is 2.33. The molecule has 1 amide bonds. The van der Waals surface area contributed by atoms with Crippen LogP contribution in [0.1, 0.15) is 16.8 Å². The maximum absolute atomic E-state index is 14.9. The Morgan fingerprint density at radius 3 is 2.75 bits per heavy atom. The van der Waals surface area contributed by atoms with Crippen molar-refractivity contribution in [2.75, 3.05) is 32.1 Å². The number of hydrogen-bond donors (Lipinski definition) is 4. The van der Waals surface area contributed by atoms with Gasteiger partial charge < -0.3 is 16.4 Å². The number of guanidine groups is 1. The van der Waals surface area contributed by atoms with Crippen molar-refractivity contribution in [1.82, 2.24) is 15.4 Å². The summed E-state index contributed by atoms with van der Waals surface area (Å²) in [6, 6.07) is 8.27. The van der Waals surface area contributed by atoms with E-state index in [2.05, 4.69) is 15.6 Å². The van der Waals surface area contributed by atoms with Gasteiger partial charge in [-0.25, -0.2) is 9.45 Å². The van der Waals surface area contributed by atoms with Gasteiger partial charge in [-0.2, -0.15) is 14.0 Å². The monoisotopic (exact) mass is 449 g/mol. The van der Waals surface area contributed by atoms with E-state index >= 15 is 0 Å². The zero-order chi connectivity index (χ0) is 23.7. The van der Waals surface area contributed by atoms with Gasteiger partial charge >= 0.3 is 5.92 Å². The second kappa shape index (κ2) is 11.0. The number of nitrogens with one attached hydrogen (secondary N) is 3. The quantitative estimate of drug-likeness (QED) is 0.187. The number of hydroxylamine groups is 2. The number of nitrogens with zero attached hydrogens (tertiary/aromatic N) is 3. The highest BCUT2D eigenvalue weighted by molar-refractivity contribution is 5.80. The van der Waals surface area contributed by atoms with Crippen LogP contribution in [0.5, 0.6) is 0 Å². The van der Waals surface area contributed by atoms with E-state index in [1.54, 1.807) is 6.07 Å². The molecule has 0 aliphatic rings. The van der Waals surface area contributed by atoms with Crippen LogP contribution in [0, 0.1) is 22.6 Å². The third-order valence-electron chi connectivity index (χ3n) is 4.29. The molecule has 0 spiro atoms. The van der Waals surface area contributed by atoms with Gasteiger partial charge in [-0.1, -0.05) is 6.07 Å². The van der Waals surface area contributed by atoms with Crippen LogP contribution >= 0.6 is 0 Å². The summed E-state index contributed by atoms with van der Waals surface area (Å²) in [5, 5.41) is 22.2. The number of aromatic nitrogens is 1. The molecule has 0 bridgehead atoms.